The van der Waals surface area contributed by atoms with Crippen LogP contribution < -0.4 is 0 Å². The maximum atomic E-state index is 11.0. The number of likely N-dealkylation sites (tertiary alicyclic amines) is 1. The molecular formula is C9H10N2O4. The van der Waals surface area contributed by atoms with Crippen molar-refractivity contribution >= 4 is 18.1 Å². The molecule has 6 nitrogen and oxygen atoms in total. The first-order chi connectivity index (χ1) is 7.24. The number of rotatable bonds is 2. The summed E-state index contributed by atoms with van der Waals surface area (Å²) in [6, 6.07) is -0.908. The molecule has 0 radical (unpaired) electrons. The van der Waals surface area contributed by atoms with E-state index in [1.54, 1.807) is 17.1 Å². The zero-order valence-corrected chi connectivity index (χ0v) is 7.92. The molecule has 0 bridgehead atoms. The van der Waals surface area contributed by atoms with E-state index >= 15 is 0 Å². The molecule has 1 N–H and O–H groups in total. The quantitative estimate of drug-likeness (QED) is 0.629. The lowest BCUT2D eigenvalue weighted by Crippen LogP contribution is -2.43. The van der Waals surface area contributed by atoms with Gasteiger partial charge in [0.05, 0.1) is 0 Å². The van der Waals surface area contributed by atoms with Crippen molar-refractivity contribution in [1.82, 2.24) is 4.90 Å². The number of oxime groups is 1. The largest absolute Gasteiger partial charge is 0.480 e. The fourth-order valence-corrected chi connectivity index (χ4v) is 1.91. The van der Waals surface area contributed by atoms with Crippen molar-refractivity contribution in [3.8, 4) is 0 Å². The first-order valence-corrected chi connectivity index (χ1v) is 4.64. The van der Waals surface area contributed by atoms with Crippen LogP contribution in [0.2, 0.25) is 0 Å². The monoisotopic (exact) mass is 210 g/mol. The van der Waals surface area contributed by atoms with Gasteiger partial charge in [-0.1, -0.05) is 5.16 Å². The summed E-state index contributed by atoms with van der Waals surface area (Å²) in [6.07, 6.45) is 2.21. The molecule has 1 saturated heterocycles. The Balaban J connectivity index is 2.18. The van der Waals surface area contributed by atoms with Crippen LogP contribution in [0, 0.1) is 0 Å². The molecule has 2 aliphatic rings. The molecule has 6 heteroatoms. The number of nitrogens with zero attached hydrogens (tertiary/aromatic N) is 2. The van der Waals surface area contributed by atoms with Crippen LogP contribution in [-0.4, -0.2) is 46.9 Å². The molecule has 0 amide bonds. The molecular weight excluding hydrogens is 200 g/mol. The third-order valence-corrected chi connectivity index (χ3v) is 2.60. The summed E-state index contributed by atoms with van der Waals surface area (Å²) in [4.78, 5) is 28.2. The molecule has 2 aliphatic heterocycles. The van der Waals surface area contributed by atoms with Gasteiger partial charge in [-0.25, -0.2) is 9.69 Å². The van der Waals surface area contributed by atoms with Crippen LogP contribution in [0.3, 0.4) is 0 Å². The summed E-state index contributed by atoms with van der Waals surface area (Å²) >= 11 is 0. The summed E-state index contributed by atoms with van der Waals surface area (Å²) in [7, 11) is 0. The average molecular weight is 210 g/mol. The number of aliphatic carboxylic acids is 1. The summed E-state index contributed by atoms with van der Waals surface area (Å²) in [5, 5.41) is 12.6. The maximum Gasteiger partial charge on any atom is 0.326 e. The highest BCUT2D eigenvalue weighted by atomic mass is 16.7. The Hall–Kier alpha value is -1.65. The highest BCUT2D eigenvalue weighted by Gasteiger charge is 2.41. The smallest absolute Gasteiger partial charge is 0.326 e. The molecule has 0 saturated carbocycles. The number of carbonyl (C=O) groups excluding carboxylic acids is 1. The Labute approximate surface area is 85.8 Å². The van der Waals surface area contributed by atoms with Gasteiger partial charge < -0.3 is 9.94 Å². The second kappa shape index (κ2) is 3.84. The lowest BCUT2D eigenvalue weighted by atomic mass is 10.1. The SMILES string of the molecule is O=C=C1CCN(C2CC=NO2)C1C(=O)O. The van der Waals surface area contributed by atoms with Crippen molar-refractivity contribution in [2.24, 2.45) is 5.16 Å². The van der Waals surface area contributed by atoms with E-state index in [4.69, 9.17) is 9.94 Å². The van der Waals surface area contributed by atoms with Crippen LogP contribution in [0.5, 0.6) is 0 Å². The van der Waals surface area contributed by atoms with Crippen LogP contribution in [0.4, 0.5) is 0 Å². The van der Waals surface area contributed by atoms with Crippen LogP contribution >= 0.6 is 0 Å². The van der Waals surface area contributed by atoms with E-state index < -0.39 is 12.0 Å². The van der Waals surface area contributed by atoms with Gasteiger partial charge >= 0.3 is 5.97 Å². The van der Waals surface area contributed by atoms with E-state index in [-0.39, 0.29) is 11.8 Å². The Morgan fingerprint density at radius 3 is 3.07 bits per heavy atom. The number of carboxylic acids is 1. The first-order valence-electron chi connectivity index (χ1n) is 4.64. The second-order valence-corrected chi connectivity index (χ2v) is 3.44. The molecule has 0 aromatic rings. The standard InChI is InChI=1S/C9H10N2O4/c12-5-6-2-4-11(8(6)9(13)14)7-1-3-10-15-7/h3,7-8H,1-2,4H2,(H,13,14). The van der Waals surface area contributed by atoms with Crippen molar-refractivity contribution in [2.45, 2.75) is 25.1 Å². The van der Waals surface area contributed by atoms with E-state index in [1.165, 1.54) is 0 Å². The predicted octanol–water partition coefficient (Wildman–Crippen LogP) is -0.364. The van der Waals surface area contributed by atoms with E-state index in [0.717, 1.165) is 0 Å². The van der Waals surface area contributed by atoms with Crippen molar-refractivity contribution in [3.05, 3.63) is 5.57 Å². The highest BCUT2D eigenvalue weighted by molar-refractivity contribution is 5.82. The van der Waals surface area contributed by atoms with Gasteiger partial charge in [-0.2, -0.15) is 0 Å². The van der Waals surface area contributed by atoms with Crippen molar-refractivity contribution in [1.29, 1.82) is 0 Å². The molecule has 15 heavy (non-hydrogen) atoms. The van der Waals surface area contributed by atoms with Crippen LogP contribution in [0.1, 0.15) is 12.8 Å². The number of hydrogen-bond acceptors (Lipinski definition) is 5. The topological polar surface area (TPSA) is 79.2 Å². The average Bonchev–Trinajstić information content (AvgIpc) is 2.85. The number of carboxylic acid groups (broad SMARTS) is 1. The zero-order chi connectivity index (χ0) is 10.8. The van der Waals surface area contributed by atoms with Gasteiger partial charge in [0.2, 0.25) is 0 Å². The lowest BCUT2D eigenvalue weighted by Gasteiger charge is -2.24. The Bertz CT molecular complexity index is 351. The minimum absolute atomic E-state index is 0.276. The van der Waals surface area contributed by atoms with Gasteiger partial charge in [-0.3, -0.25) is 4.79 Å². The number of hydrogen-bond donors (Lipinski definition) is 1. The van der Waals surface area contributed by atoms with Gasteiger partial charge in [0.1, 0.15) is 12.0 Å². The molecule has 1 fully saturated rings. The Kier molecular flexibility index (Phi) is 2.53. The zero-order valence-electron chi connectivity index (χ0n) is 7.92. The third kappa shape index (κ3) is 1.65. The van der Waals surface area contributed by atoms with Gasteiger partial charge in [0.15, 0.2) is 6.23 Å². The predicted molar refractivity (Wildman–Crippen MR) is 49.9 cm³/mol. The van der Waals surface area contributed by atoms with Crippen LogP contribution in [-0.2, 0) is 14.4 Å². The Morgan fingerprint density at radius 1 is 1.73 bits per heavy atom. The second-order valence-electron chi connectivity index (χ2n) is 3.44. The molecule has 0 spiro atoms. The van der Waals surface area contributed by atoms with Crippen LogP contribution in [0.25, 0.3) is 0 Å². The first kappa shape index (κ1) is 9.89. The summed E-state index contributed by atoms with van der Waals surface area (Å²) < 4.78 is 0. The lowest BCUT2D eigenvalue weighted by molar-refractivity contribution is -0.145. The molecule has 0 aromatic heterocycles. The Morgan fingerprint density at radius 2 is 2.53 bits per heavy atom. The van der Waals surface area contributed by atoms with Crippen molar-refractivity contribution in [2.75, 3.05) is 6.54 Å². The van der Waals surface area contributed by atoms with E-state index in [2.05, 4.69) is 5.16 Å². The normalized spacial score (nSPS) is 30.3. The van der Waals surface area contributed by atoms with Crippen molar-refractivity contribution in [3.63, 3.8) is 0 Å². The molecule has 0 aromatic carbocycles. The maximum absolute atomic E-state index is 11.0. The molecule has 2 rings (SSSR count). The molecule has 80 valence electrons. The molecule has 2 unspecified atom stereocenters. The molecule has 0 aliphatic carbocycles. The van der Waals surface area contributed by atoms with Gasteiger partial charge in [-0.15, -0.1) is 0 Å². The molecule has 2 heterocycles. The van der Waals surface area contributed by atoms with Gasteiger partial charge in [-0.05, 0) is 6.42 Å². The summed E-state index contributed by atoms with van der Waals surface area (Å²) in [6.45, 7) is 0.496. The third-order valence-electron chi connectivity index (χ3n) is 2.60. The van der Waals surface area contributed by atoms with Gasteiger partial charge in [0, 0.05) is 24.8 Å². The van der Waals surface area contributed by atoms with Crippen LogP contribution in [0.15, 0.2) is 10.7 Å². The summed E-state index contributed by atoms with van der Waals surface area (Å²) in [5.74, 6) is 0.656. The highest BCUT2D eigenvalue weighted by Crippen LogP contribution is 2.26. The van der Waals surface area contributed by atoms with Gasteiger partial charge in [0.25, 0.3) is 0 Å². The van der Waals surface area contributed by atoms with E-state index in [9.17, 15) is 9.59 Å². The molecule has 2 atom stereocenters. The fraction of sp³-hybridized carbons (Fsp3) is 0.556. The fourth-order valence-electron chi connectivity index (χ4n) is 1.91. The number of carbonyl (C=O) groups is 1. The van der Waals surface area contributed by atoms with E-state index in [1.807, 2.05) is 0 Å². The van der Waals surface area contributed by atoms with E-state index in [0.29, 0.717) is 19.4 Å². The minimum atomic E-state index is -1.04. The summed E-state index contributed by atoms with van der Waals surface area (Å²) in [5.41, 5.74) is 0.276. The van der Waals surface area contributed by atoms with Crippen molar-refractivity contribution < 1.29 is 19.5 Å². The minimum Gasteiger partial charge on any atom is -0.480 e.